The molecule has 0 aliphatic carbocycles. The highest BCUT2D eigenvalue weighted by Gasteiger charge is 2.17. The Hall–Kier alpha value is -1.25. The van der Waals surface area contributed by atoms with E-state index in [9.17, 15) is 9.90 Å². The maximum Gasteiger partial charge on any atom is 0.214 e. The molecule has 0 bridgehead atoms. The van der Waals surface area contributed by atoms with Crippen molar-refractivity contribution < 1.29 is 9.90 Å². The molecule has 0 saturated carbocycles. The van der Waals surface area contributed by atoms with Crippen LogP contribution in [0.25, 0.3) is 0 Å². The van der Waals surface area contributed by atoms with Gasteiger partial charge in [0.1, 0.15) is 11.6 Å². The summed E-state index contributed by atoms with van der Waals surface area (Å²) in [5.74, 6) is 0.974. The van der Waals surface area contributed by atoms with E-state index in [1.54, 1.807) is 39.6 Å². The summed E-state index contributed by atoms with van der Waals surface area (Å²) in [6.07, 6.45) is 2.92. The molecule has 1 aromatic rings. The zero-order chi connectivity index (χ0) is 18.3. The number of nitrogens with zero attached hydrogens (tertiary/aromatic N) is 3. The quantitative estimate of drug-likeness (QED) is 0.536. The van der Waals surface area contributed by atoms with Gasteiger partial charge in [-0.3, -0.25) is 4.79 Å². The summed E-state index contributed by atoms with van der Waals surface area (Å²) < 4.78 is 0.0763. The van der Waals surface area contributed by atoms with E-state index >= 15 is 0 Å². The summed E-state index contributed by atoms with van der Waals surface area (Å²) in [4.78, 5) is 22.4. The van der Waals surface area contributed by atoms with Gasteiger partial charge in [-0.25, -0.2) is 9.97 Å². The Morgan fingerprint density at radius 2 is 2.12 bits per heavy atom. The van der Waals surface area contributed by atoms with E-state index in [1.165, 1.54) is 0 Å². The monoisotopic (exact) mass is 370 g/mol. The molecular formula is C16H26N4O2S2. The van der Waals surface area contributed by atoms with Gasteiger partial charge in [0, 0.05) is 40.1 Å². The van der Waals surface area contributed by atoms with Gasteiger partial charge in [-0.05, 0) is 13.8 Å². The zero-order valence-electron chi connectivity index (χ0n) is 14.9. The molecule has 134 valence electrons. The van der Waals surface area contributed by atoms with Crippen LogP contribution in [0.15, 0.2) is 16.8 Å². The summed E-state index contributed by atoms with van der Waals surface area (Å²) in [6.45, 7) is 10.3. The minimum Gasteiger partial charge on any atom is -0.396 e. The Labute approximate surface area is 151 Å². The number of nitrogens with two attached hydrogens (primary N) is 1. The number of hydrogen-bond donors (Lipinski definition) is 2. The van der Waals surface area contributed by atoms with Gasteiger partial charge in [-0.2, -0.15) is 0 Å². The van der Waals surface area contributed by atoms with E-state index in [0.717, 1.165) is 17.0 Å². The second-order valence-electron chi connectivity index (χ2n) is 6.32. The molecule has 1 aromatic heterocycles. The van der Waals surface area contributed by atoms with Crippen molar-refractivity contribution in [2.45, 2.75) is 52.3 Å². The molecule has 6 nitrogen and oxygen atoms in total. The summed E-state index contributed by atoms with van der Waals surface area (Å²) >= 11 is 0. The molecule has 0 radical (unpaired) electrons. The van der Waals surface area contributed by atoms with Crippen LogP contribution in [-0.2, 0) is 11.3 Å². The van der Waals surface area contributed by atoms with Crippen molar-refractivity contribution >= 4 is 33.8 Å². The third-order valence-corrected chi connectivity index (χ3v) is 6.69. The molecule has 1 heterocycles. The van der Waals surface area contributed by atoms with Crippen molar-refractivity contribution in [3.8, 4) is 0 Å². The number of carbonyl (C=O) groups is 1. The van der Waals surface area contributed by atoms with Crippen molar-refractivity contribution in [1.82, 2.24) is 14.9 Å². The lowest BCUT2D eigenvalue weighted by Gasteiger charge is -2.24. The van der Waals surface area contributed by atoms with Crippen LogP contribution >= 0.6 is 21.6 Å². The molecule has 0 aromatic carbocycles. The lowest BCUT2D eigenvalue weighted by Crippen LogP contribution is -2.22. The highest BCUT2D eigenvalue weighted by molar-refractivity contribution is 8.78. The molecule has 0 aliphatic heterocycles. The van der Waals surface area contributed by atoms with Crippen molar-refractivity contribution in [3.05, 3.63) is 28.2 Å². The number of nitrogen functional groups attached to an aromatic ring is 1. The average Bonchev–Trinajstić information content (AvgIpc) is 2.49. The smallest absolute Gasteiger partial charge is 0.214 e. The highest BCUT2D eigenvalue weighted by Crippen LogP contribution is 2.42. The summed E-state index contributed by atoms with van der Waals surface area (Å²) in [6, 6.07) is 0. The first kappa shape index (κ1) is 20.8. The van der Waals surface area contributed by atoms with Gasteiger partial charge in [0.15, 0.2) is 0 Å². The second-order valence-corrected chi connectivity index (χ2v) is 9.37. The van der Waals surface area contributed by atoms with E-state index in [0.29, 0.717) is 30.2 Å². The van der Waals surface area contributed by atoms with Crippen LogP contribution in [0.3, 0.4) is 0 Å². The Bertz CT molecular complexity index is 600. The Balaban J connectivity index is 3.01. The average molecular weight is 371 g/mol. The third kappa shape index (κ3) is 6.70. The van der Waals surface area contributed by atoms with Gasteiger partial charge < -0.3 is 15.7 Å². The maximum absolute atomic E-state index is 11.6. The zero-order valence-corrected chi connectivity index (χ0v) is 16.5. The first-order chi connectivity index (χ1) is 11.2. The van der Waals surface area contributed by atoms with E-state index < -0.39 is 0 Å². The molecule has 0 unspecified atom stereocenters. The predicted molar refractivity (Wildman–Crippen MR) is 102 cm³/mol. The predicted octanol–water partition coefficient (Wildman–Crippen LogP) is 3.12. The number of aryl methyl sites for hydroxylation is 1. The van der Waals surface area contributed by atoms with Crippen LogP contribution in [-0.4, -0.2) is 37.7 Å². The lowest BCUT2D eigenvalue weighted by molar-refractivity contribution is -0.116. The minimum atomic E-state index is 0.0346. The van der Waals surface area contributed by atoms with Crippen LogP contribution in [0.2, 0.25) is 0 Å². The van der Waals surface area contributed by atoms with Crippen molar-refractivity contribution in [2.75, 3.05) is 12.3 Å². The molecule has 0 saturated heterocycles. The number of allylic oxidation sites excluding steroid dienone is 1. The van der Waals surface area contributed by atoms with Crippen LogP contribution in [0.1, 0.15) is 45.5 Å². The molecule has 8 heteroatoms. The Morgan fingerprint density at radius 3 is 2.62 bits per heavy atom. The molecule has 1 amide bonds. The summed E-state index contributed by atoms with van der Waals surface area (Å²) in [5.41, 5.74) is 7.42. The molecule has 24 heavy (non-hydrogen) atoms. The SMILES string of the molecule is C/C(=C(/CCO)SSC(C)(C)C)N(C=O)Cc1cnc(C)nc1N. The maximum atomic E-state index is 11.6. The molecule has 0 spiro atoms. The first-order valence-corrected chi connectivity index (χ1v) is 9.79. The highest BCUT2D eigenvalue weighted by atomic mass is 33.1. The number of aliphatic hydroxyl groups is 1. The number of hydrogen-bond acceptors (Lipinski definition) is 7. The number of aliphatic hydroxyl groups excluding tert-OH is 1. The minimum absolute atomic E-state index is 0.0346. The number of amides is 1. The fourth-order valence-corrected chi connectivity index (χ4v) is 4.20. The Kier molecular flexibility index (Phi) is 8.05. The Morgan fingerprint density at radius 1 is 1.46 bits per heavy atom. The largest absolute Gasteiger partial charge is 0.396 e. The number of rotatable bonds is 8. The summed E-state index contributed by atoms with van der Waals surface area (Å²) in [5, 5.41) is 9.33. The van der Waals surface area contributed by atoms with Gasteiger partial charge in [0.25, 0.3) is 0 Å². The number of aromatic nitrogens is 2. The molecule has 0 aliphatic rings. The van der Waals surface area contributed by atoms with Crippen LogP contribution in [0.5, 0.6) is 0 Å². The van der Waals surface area contributed by atoms with Crippen molar-refractivity contribution in [2.24, 2.45) is 0 Å². The van der Waals surface area contributed by atoms with Crippen LogP contribution in [0, 0.1) is 6.92 Å². The lowest BCUT2D eigenvalue weighted by atomic mass is 10.2. The van der Waals surface area contributed by atoms with Gasteiger partial charge in [-0.1, -0.05) is 42.4 Å². The van der Waals surface area contributed by atoms with E-state index in [2.05, 4.69) is 30.7 Å². The van der Waals surface area contributed by atoms with Gasteiger partial charge in [0.2, 0.25) is 6.41 Å². The fourth-order valence-electron chi connectivity index (χ4n) is 1.77. The first-order valence-electron chi connectivity index (χ1n) is 7.64. The normalized spacial score (nSPS) is 12.8. The number of anilines is 1. The van der Waals surface area contributed by atoms with E-state index in [-0.39, 0.29) is 11.4 Å². The summed E-state index contributed by atoms with van der Waals surface area (Å²) in [7, 11) is 3.30. The third-order valence-electron chi connectivity index (χ3n) is 3.05. The topological polar surface area (TPSA) is 92.3 Å². The van der Waals surface area contributed by atoms with Gasteiger partial charge in [-0.15, -0.1) is 0 Å². The van der Waals surface area contributed by atoms with Gasteiger partial charge in [0.05, 0.1) is 6.54 Å². The van der Waals surface area contributed by atoms with Crippen molar-refractivity contribution in [1.29, 1.82) is 0 Å². The molecule has 0 atom stereocenters. The fraction of sp³-hybridized carbons (Fsp3) is 0.562. The second kappa shape index (κ2) is 9.29. The van der Waals surface area contributed by atoms with Crippen LogP contribution in [0.4, 0.5) is 5.82 Å². The molecule has 1 rings (SSSR count). The molecule has 3 N–H and O–H groups in total. The van der Waals surface area contributed by atoms with Gasteiger partial charge >= 0.3 is 0 Å². The molecule has 0 fully saturated rings. The number of carbonyl (C=O) groups excluding carboxylic acids is 1. The molecular weight excluding hydrogens is 344 g/mol. The van der Waals surface area contributed by atoms with Crippen LogP contribution < -0.4 is 5.73 Å². The van der Waals surface area contributed by atoms with E-state index in [1.807, 2.05) is 6.92 Å². The standard InChI is InChI=1S/C16H26N4O2S2/c1-11(14(6-7-21)23-24-16(3,4)5)20(10-22)9-13-8-18-12(2)19-15(13)17/h8,10,21H,6-7,9H2,1-5H3,(H2,17,18,19)/b14-11+. The van der Waals surface area contributed by atoms with E-state index in [4.69, 9.17) is 5.73 Å². The van der Waals surface area contributed by atoms with Crippen molar-refractivity contribution in [3.63, 3.8) is 0 Å².